The fourth-order valence-corrected chi connectivity index (χ4v) is 2.02. The van der Waals surface area contributed by atoms with Crippen molar-refractivity contribution in [3.05, 3.63) is 29.8 Å². The third kappa shape index (κ3) is 8.15. The van der Waals surface area contributed by atoms with Crippen LogP contribution in [0.3, 0.4) is 0 Å². The molecule has 1 rings (SSSR count). The second-order valence-corrected chi connectivity index (χ2v) is 5.44. The lowest BCUT2D eigenvalue weighted by atomic mass is 10.1. The number of hydrazine groups is 1. The van der Waals surface area contributed by atoms with Gasteiger partial charge in [0.2, 0.25) is 11.8 Å². The molecule has 0 radical (unpaired) electrons. The Bertz CT molecular complexity index is 532. The van der Waals surface area contributed by atoms with Gasteiger partial charge in [-0.05, 0) is 36.3 Å². The summed E-state index contributed by atoms with van der Waals surface area (Å²) in [6.45, 7) is 2.07. The molecule has 0 aliphatic rings. The average molecular weight is 337 g/mol. The second kappa shape index (κ2) is 10.6. The minimum atomic E-state index is -0.252. The summed E-state index contributed by atoms with van der Waals surface area (Å²) in [5, 5.41) is 2.62. The third-order valence-electron chi connectivity index (χ3n) is 3.10. The van der Waals surface area contributed by atoms with Crippen LogP contribution in [0.1, 0.15) is 38.2 Å². The second-order valence-electron chi connectivity index (χ2n) is 5.03. The maximum Gasteiger partial charge on any atom is 0.242 e. The van der Waals surface area contributed by atoms with Gasteiger partial charge < -0.3 is 10.1 Å². The molecule has 0 aliphatic carbocycles. The van der Waals surface area contributed by atoms with Gasteiger partial charge in [0.25, 0.3) is 0 Å². The van der Waals surface area contributed by atoms with Crippen molar-refractivity contribution in [3.8, 4) is 5.75 Å². The lowest BCUT2D eigenvalue weighted by Crippen LogP contribution is -2.48. The average Bonchev–Trinajstić information content (AvgIpc) is 2.54. The van der Waals surface area contributed by atoms with Gasteiger partial charge in [-0.3, -0.25) is 20.4 Å². The van der Waals surface area contributed by atoms with Gasteiger partial charge in [0.15, 0.2) is 5.11 Å². The van der Waals surface area contributed by atoms with E-state index in [1.807, 2.05) is 12.1 Å². The highest BCUT2D eigenvalue weighted by atomic mass is 32.1. The lowest BCUT2D eigenvalue weighted by molar-refractivity contribution is -0.122. The van der Waals surface area contributed by atoms with Gasteiger partial charge in [-0.1, -0.05) is 31.9 Å². The van der Waals surface area contributed by atoms with E-state index in [4.69, 9.17) is 17.0 Å². The maximum atomic E-state index is 11.8. The van der Waals surface area contributed by atoms with Crippen LogP contribution in [0.25, 0.3) is 0 Å². The minimum Gasteiger partial charge on any atom is -0.497 e. The van der Waals surface area contributed by atoms with Gasteiger partial charge >= 0.3 is 0 Å². The van der Waals surface area contributed by atoms with E-state index < -0.39 is 0 Å². The van der Waals surface area contributed by atoms with E-state index in [0.717, 1.165) is 30.6 Å². The van der Waals surface area contributed by atoms with Gasteiger partial charge in [-0.2, -0.15) is 0 Å². The summed E-state index contributed by atoms with van der Waals surface area (Å²) in [7, 11) is 1.59. The highest BCUT2D eigenvalue weighted by molar-refractivity contribution is 7.80. The molecule has 0 aromatic heterocycles. The zero-order valence-corrected chi connectivity index (χ0v) is 14.3. The zero-order chi connectivity index (χ0) is 17.1. The molecule has 1 aromatic carbocycles. The van der Waals surface area contributed by atoms with Crippen molar-refractivity contribution >= 4 is 29.1 Å². The topological polar surface area (TPSA) is 79.5 Å². The van der Waals surface area contributed by atoms with Crippen molar-refractivity contribution in [2.24, 2.45) is 0 Å². The van der Waals surface area contributed by atoms with E-state index in [0.29, 0.717) is 6.42 Å². The van der Waals surface area contributed by atoms with Crippen molar-refractivity contribution < 1.29 is 14.3 Å². The van der Waals surface area contributed by atoms with E-state index in [2.05, 4.69) is 23.1 Å². The zero-order valence-electron chi connectivity index (χ0n) is 13.5. The van der Waals surface area contributed by atoms with Gasteiger partial charge in [0.05, 0.1) is 13.5 Å². The van der Waals surface area contributed by atoms with Crippen molar-refractivity contribution in [2.75, 3.05) is 7.11 Å². The summed E-state index contributed by atoms with van der Waals surface area (Å²) in [4.78, 5) is 23.4. The molecular formula is C16H23N3O3S. The summed E-state index contributed by atoms with van der Waals surface area (Å²) in [5.41, 5.74) is 5.82. The number of hydrogen-bond acceptors (Lipinski definition) is 4. The Morgan fingerprint density at radius 2 is 1.78 bits per heavy atom. The Balaban J connectivity index is 2.26. The summed E-state index contributed by atoms with van der Waals surface area (Å²) in [5.74, 6) is 0.331. The maximum absolute atomic E-state index is 11.8. The van der Waals surface area contributed by atoms with Crippen LogP contribution >= 0.6 is 12.2 Å². The number of thiocarbonyl (C=S) groups is 1. The number of carbonyl (C=O) groups excluding carboxylic acids is 2. The Morgan fingerprint density at radius 3 is 2.39 bits per heavy atom. The number of rotatable bonds is 7. The van der Waals surface area contributed by atoms with E-state index in [-0.39, 0.29) is 23.3 Å². The van der Waals surface area contributed by atoms with Crippen LogP contribution in [0.15, 0.2) is 24.3 Å². The molecule has 0 atom stereocenters. The van der Waals surface area contributed by atoms with Gasteiger partial charge in [-0.25, -0.2) is 0 Å². The van der Waals surface area contributed by atoms with Crippen LogP contribution in [0.5, 0.6) is 5.75 Å². The Labute approximate surface area is 141 Å². The first-order valence-electron chi connectivity index (χ1n) is 7.56. The first-order valence-corrected chi connectivity index (χ1v) is 7.97. The first-order chi connectivity index (χ1) is 11.0. The Kier molecular flexibility index (Phi) is 8.67. The highest BCUT2D eigenvalue weighted by Gasteiger charge is 2.06. The Hall–Kier alpha value is -2.15. The number of hydrogen-bond donors (Lipinski definition) is 3. The molecule has 0 spiro atoms. The van der Waals surface area contributed by atoms with Crippen molar-refractivity contribution in [3.63, 3.8) is 0 Å². The molecule has 3 N–H and O–H groups in total. The monoisotopic (exact) mass is 337 g/mol. The van der Waals surface area contributed by atoms with Crippen molar-refractivity contribution in [2.45, 2.75) is 39.0 Å². The SMILES string of the molecule is CCCCCC(=O)NC(=S)NNC(=O)Cc1ccc(OC)cc1. The molecule has 0 fully saturated rings. The van der Waals surface area contributed by atoms with Gasteiger partial charge in [0.1, 0.15) is 5.75 Å². The molecule has 6 nitrogen and oxygen atoms in total. The smallest absolute Gasteiger partial charge is 0.242 e. The predicted octanol–water partition coefficient (Wildman–Crippen LogP) is 1.84. The van der Waals surface area contributed by atoms with E-state index >= 15 is 0 Å². The number of unbranched alkanes of at least 4 members (excludes halogenated alkanes) is 2. The van der Waals surface area contributed by atoms with Gasteiger partial charge in [0, 0.05) is 6.42 Å². The molecule has 7 heteroatoms. The summed E-state index contributed by atoms with van der Waals surface area (Å²) in [6.07, 6.45) is 3.51. The fourth-order valence-electron chi connectivity index (χ4n) is 1.86. The molecule has 2 amide bonds. The van der Waals surface area contributed by atoms with E-state index in [1.165, 1.54) is 0 Å². The number of ether oxygens (including phenoxy) is 1. The number of benzene rings is 1. The molecule has 0 unspecified atom stereocenters. The van der Waals surface area contributed by atoms with Crippen LogP contribution in [-0.4, -0.2) is 24.0 Å². The van der Waals surface area contributed by atoms with Crippen molar-refractivity contribution in [1.82, 2.24) is 16.2 Å². The fraction of sp³-hybridized carbons (Fsp3) is 0.438. The van der Waals surface area contributed by atoms with E-state index in [1.54, 1.807) is 19.2 Å². The van der Waals surface area contributed by atoms with E-state index in [9.17, 15) is 9.59 Å². The van der Waals surface area contributed by atoms with Crippen LogP contribution in [0.4, 0.5) is 0 Å². The quantitative estimate of drug-likeness (QED) is 0.402. The third-order valence-corrected chi connectivity index (χ3v) is 3.30. The van der Waals surface area contributed by atoms with Crippen LogP contribution in [0.2, 0.25) is 0 Å². The number of amides is 2. The molecule has 0 aliphatic heterocycles. The number of nitrogens with one attached hydrogen (secondary N) is 3. The summed E-state index contributed by atoms with van der Waals surface area (Å²) < 4.78 is 5.05. The van der Waals surface area contributed by atoms with Gasteiger partial charge in [-0.15, -0.1) is 0 Å². The molecule has 0 saturated heterocycles. The first kappa shape index (κ1) is 18.9. The Morgan fingerprint density at radius 1 is 1.09 bits per heavy atom. The normalized spacial score (nSPS) is 9.83. The molecule has 1 aromatic rings. The predicted molar refractivity (Wildman–Crippen MR) is 92.9 cm³/mol. The molecule has 0 heterocycles. The molecule has 23 heavy (non-hydrogen) atoms. The molecular weight excluding hydrogens is 314 g/mol. The van der Waals surface area contributed by atoms with Crippen LogP contribution < -0.4 is 20.9 Å². The largest absolute Gasteiger partial charge is 0.497 e. The number of carbonyl (C=O) groups is 2. The number of methoxy groups -OCH3 is 1. The molecule has 0 bridgehead atoms. The highest BCUT2D eigenvalue weighted by Crippen LogP contribution is 2.11. The molecule has 126 valence electrons. The van der Waals surface area contributed by atoms with Crippen LogP contribution in [-0.2, 0) is 16.0 Å². The lowest BCUT2D eigenvalue weighted by Gasteiger charge is -2.11. The standard InChI is InChI=1S/C16H23N3O3S/c1-3-4-5-6-14(20)17-16(23)19-18-15(21)11-12-7-9-13(22-2)10-8-12/h7-10H,3-6,11H2,1-2H3,(H,18,21)(H2,17,19,20,23). The summed E-state index contributed by atoms with van der Waals surface area (Å²) in [6, 6.07) is 7.20. The molecule has 0 saturated carbocycles. The van der Waals surface area contributed by atoms with Crippen molar-refractivity contribution in [1.29, 1.82) is 0 Å². The summed E-state index contributed by atoms with van der Waals surface area (Å²) >= 11 is 4.95. The van der Waals surface area contributed by atoms with Crippen LogP contribution in [0, 0.1) is 0 Å². The minimum absolute atomic E-state index is 0.0922.